The van der Waals surface area contributed by atoms with Crippen LogP contribution >= 0.6 is 0 Å². The average Bonchev–Trinajstić information content (AvgIpc) is 2.51. The molecule has 2 heteroatoms. The Morgan fingerprint density at radius 3 is 2.24 bits per heavy atom. The molecular weight excluding hydrogens is 212 g/mol. The minimum atomic E-state index is -0.259. The Kier molecular flexibility index (Phi) is 4.07. The molecule has 0 aliphatic heterocycles. The Labute approximate surface area is 104 Å². The molecule has 1 fully saturated rings. The maximum atomic E-state index is 12.3. The lowest BCUT2D eigenvalue weighted by atomic mass is 9.66. The van der Waals surface area contributed by atoms with Crippen molar-refractivity contribution in [1.29, 1.82) is 0 Å². The van der Waals surface area contributed by atoms with Crippen molar-refractivity contribution >= 4 is 12.1 Å². The fraction of sp³-hybridized carbons (Fsp3) is 0.600. The zero-order chi connectivity index (χ0) is 13.1. The fourth-order valence-electron chi connectivity index (χ4n) is 2.51. The largest absolute Gasteiger partial charge is 0.299 e. The summed E-state index contributed by atoms with van der Waals surface area (Å²) in [4.78, 5) is 22.6. The van der Waals surface area contributed by atoms with Crippen molar-refractivity contribution in [3.05, 3.63) is 23.8 Å². The lowest BCUT2D eigenvalue weighted by Gasteiger charge is -2.36. The fourth-order valence-corrected chi connectivity index (χ4v) is 2.51. The van der Waals surface area contributed by atoms with Crippen LogP contribution in [-0.2, 0) is 9.59 Å². The van der Waals surface area contributed by atoms with Gasteiger partial charge in [-0.05, 0) is 42.9 Å². The highest BCUT2D eigenvalue weighted by atomic mass is 16.1. The molecule has 0 radical (unpaired) electrons. The summed E-state index contributed by atoms with van der Waals surface area (Å²) in [7, 11) is 0. The van der Waals surface area contributed by atoms with E-state index in [0.717, 1.165) is 31.1 Å². The number of aldehydes is 1. The lowest BCUT2D eigenvalue weighted by Crippen LogP contribution is -2.36. The minimum Gasteiger partial charge on any atom is -0.299 e. The second kappa shape index (κ2) is 4.99. The van der Waals surface area contributed by atoms with E-state index in [1.165, 1.54) is 6.08 Å². The van der Waals surface area contributed by atoms with Crippen molar-refractivity contribution in [2.24, 2.45) is 10.8 Å². The van der Waals surface area contributed by atoms with Crippen LogP contribution in [0.25, 0.3) is 0 Å². The molecule has 0 aromatic rings. The second-order valence-electron chi connectivity index (χ2n) is 5.81. The van der Waals surface area contributed by atoms with Crippen LogP contribution in [0.15, 0.2) is 23.8 Å². The molecule has 0 N–H and O–H groups in total. The first kappa shape index (κ1) is 13.9. The van der Waals surface area contributed by atoms with E-state index in [4.69, 9.17) is 0 Å². The van der Waals surface area contributed by atoms with E-state index in [1.807, 2.05) is 6.92 Å². The molecule has 0 heterocycles. The zero-order valence-corrected chi connectivity index (χ0v) is 11.2. The summed E-state index contributed by atoms with van der Waals surface area (Å²) in [5.41, 5.74) is 0.620. The van der Waals surface area contributed by atoms with Crippen LogP contribution in [-0.4, -0.2) is 12.1 Å². The van der Waals surface area contributed by atoms with Crippen LogP contribution in [0, 0.1) is 10.8 Å². The van der Waals surface area contributed by atoms with Crippen LogP contribution in [0.2, 0.25) is 0 Å². The quantitative estimate of drug-likeness (QED) is 0.424. The van der Waals surface area contributed by atoms with E-state index >= 15 is 0 Å². The van der Waals surface area contributed by atoms with Crippen molar-refractivity contribution in [1.82, 2.24) is 0 Å². The van der Waals surface area contributed by atoms with Crippen LogP contribution in [0.4, 0.5) is 0 Å². The molecule has 0 amide bonds. The van der Waals surface area contributed by atoms with Gasteiger partial charge in [-0.15, -0.1) is 0 Å². The van der Waals surface area contributed by atoms with Crippen molar-refractivity contribution in [3.63, 3.8) is 0 Å². The van der Waals surface area contributed by atoms with Gasteiger partial charge in [0.15, 0.2) is 5.78 Å². The second-order valence-corrected chi connectivity index (χ2v) is 5.81. The van der Waals surface area contributed by atoms with Gasteiger partial charge in [-0.3, -0.25) is 9.59 Å². The summed E-state index contributed by atoms with van der Waals surface area (Å²) in [6.45, 7) is 8.21. The van der Waals surface area contributed by atoms with Gasteiger partial charge in [-0.2, -0.15) is 0 Å². The minimum absolute atomic E-state index is 0.0662. The standard InChI is InChI=1S/C15H22O2/c1-12(8-11-16)6-7-13(17)15(4)10-5-9-14(15,2)3/h6-8,11H,5,9-10H2,1-4H3/b7-6+,12-8+. The third-order valence-corrected chi connectivity index (χ3v) is 4.34. The van der Waals surface area contributed by atoms with E-state index in [9.17, 15) is 9.59 Å². The molecule has 1 unspecified atom stereocenters. The molecule has 0 aromatic carbocycles. The number of hydrogen-bond acceptors (Lipinski definition) is 2. The van der Waals surface area contributed by atoms with Gasteiger partial charge in [0, 0.05) is 5.41 Å². The third-order valence-electron chi connectivity index (χ3n) is 4.34. The highest BCUT2D eigenvalue weighted by Gasteiger charge is 2.48. The number of carbonyl (C=O) groups excluding carboxylic acids is 2. The van der Waals surface area contributed by atoms with Gasteiger partial charge in [-0.1, -0.05) is 33.3 Å². The SMILES string of the molecule is CC(/C=C/C(=O)C1(C)CCCC1(C)C)=C\C=O. The molecule has 0 saturated heterocycles. The van der Waals surface area contributed by atoms with E-state index in [1.54, 1.807) is 12.2 Å². The molecule has 17 heavy (non-hydrogen) atoms. The van der Waals surface area contributed by atoms with E-state index in [2.05, 4.69) is 20.8 Å². The first-order valence-electron chi connectivity index (χ1n) is 6.18. The van der Waals surface area contributed by atoms with Crippen LogP contribution in [0.1, 0.15) is 47.0 Å². The Balaban J connectivity index is 2.84. The van der Waals surface area contributed by atoms with Gasteiger partial charge in [0.05, 0.1) is 0 Å². The Hall–Kier alpha value is -1.18. The van der Waals surface area contributed by atoms with Crippen LogP contribution < -0.4 is 0 Å². The average molecular weight is 234 g/mol. The predicted molar refractivity (Wildman–Crippen MR) is 69.7 cm³/mol. The van der Waals surface area contributed by atoms with E-state index in [-0.39, 0.29) is 16.6 Å². The Morgan fingerprint density at radius 2 is 1.76 bits per heavy atom. The van der Waals surface area contributed by atoms with E-state index < -0.39 is 0 Å². The molecule has 1 aliphatic rings. The summed E-state index contributed by atoms with van der Waals surface area (Å²) in [6.07, 6.45) is 8.74. The lowest BCUT2D eigenvalue weighted by molar-refractivity contribution is -0.127. The molecule has 0 spiro atoms. The molecule has 0 aromatic heterocycles. The van der Waals surface area contributed by atoms with Crippen LogP contribution in [0.5, 0.6) is 0 Å². The number of allylic oxidation sites excluding steroid dienone is 4. The number of carbonyl (C=O) groups is 2. The smallest absolute Gasteiger partial charge is 0.162 e. The van der Waals surface area contributed by atoms with Gasteiger partial charge < -0.3 is 0 Å². The molecule has 0 bridgehead atoms. The molecular formula is C15H22O2. The summed E-state index contributed by atoms with van der Waals surface area (Å²) >= 11 is 0. The Morgan fingerprint density at radius 1 is 1.12 bits per heavy atom. The third kappa shape index (κ3) is 2.74. The first-order chi connectivity index (χ1) is 7.83. The van der Waals surface area contributed by atoms with Gasteiger partial charge in [0.1, 0.15) is 6.29 Å². The molecule has 1 rings (SSSR count). The summed E-state index contributed by atoms with van der Waals surface area (Å²) in [6, 6.07) is 0. The van der Waals surface area contributed by atoms with Crippen molar-refractivity contribution in [2.45, 2.75) is 47.0 Å². The molecule has 2 nitrogen and oxygen atoms in total. The van der Waals surface area contributed by atoms with Crippen LogP contribution in [0.3, 0.4) is 0 Å². The topological polar surface area (TPSA) is 34.1 Å². The highest BCUT2D eigenvalue weighted by Crippen LogP contribution is 2.53. The number of ketones is 1. The summed E-state index contributed by atoms with van der Waals surface area (Å²) in [5.74, 6) is 0.179. The van der Waals surface area contributed by atoms with Crippen molar-refractivity contribution < 1.29 is 9.59 Å². The molecule has 1 saturated carbocycles. The number of rotatable bonds is 4. The highest BCUT2D eigenvalue weighted by molar-refractivity contribution is 5.95. The monoisotopic (exact) mass is 234 g/mol. The maximum Gasteiger partial charge on any atom is 0.162 e. The molecule has 1 aliphatic carbocycles. The van der Waals surface area contributed by atoms with Gasteiger partial charge >= 0.3 is 0 Å². The zero-order valence-electron chi connectivity index (χ0n) is 11.2. The van der Waals surface area contributed by atoms with E-state index in [0.29, 0.717) is 0 Å². The predicted octanol–water partition coefficient (Wildman–Crippen LogP) is 3.47. The van der Waals surface area contributed by atoms with Gasteiger partial charge in [0.25, 0.3) is 0 Å². The van der Waals surface area contributed by atoms with Crippen molar-refractivity contribution in [2.75, 3.05) is 0 Å². The molecule has 94 valence electrons. The van der Waals surface area contributed by atoms with Gasteiger partial charge in [0.2, 0.25) is 0 Å². The summed E-state index contributed by atoms with van der Waals surface area (Å²) < 4.78 is 0. The number of hydrogen-bond donors (Lipinski definition) is 0. The first-order valence-corrected chi connectivity index (χ1v) is 6.18. The Bertz CT molecular complexity index is 374. The summed E-state index contributed by atoms with van der Waals surface area (Å²) in [5, 5.41) is 0. The normalized spacial score (nSPS) is 28.6. The molecule has 1 atom stereocenters. The maximum absolute atomic E-state index is 12.3. The van der Waals surface area contributed by atoms with Gasteiger partial charge in [-0.25, -0.2) is 0 Å². The van der Waals surface area contributed by atoms with Crippen molar-refractivity contribution in [3.8, 4) is 0 Å².